The van der Waals surface area contributed by atoms with Crippen molar-refractivity contribution in [1.82, 2.24) is 14.8 Å². The maximum Gasteiger partial charge on any atom is 0.415 e. The van der Waals surface area contributed by atoms with Gasteiger partial charge in [0.25, 0.3) is 0 Å². The van der Waals surface area contributed by atoms with E-state index in [1.807, 2.05) is 35.2 Å². The number of rotatable bonds is 2. The molecule has 0 spiro atoms. The fourth-order valence-corrected chi connectivity index (χ4v) is 3.39. The first-order valence-electron chi connectivity index (χ1n) is 8.35. The fraction of sp³-hybridized carbons (Fsp3) is 0.444. The van der Waals surface area contributed by atoms with Crippen LogP contribution in [0.1, 0.15) is 19.3 Å². The van der Waals surface area contributed by atoms with Crippen LogP contribution in [0.5, 0.6) is 5.75 Å². The molecular weight excluding hydrogens is 290 g/mol. The lowest BCUT2D eigenvalue weighted by molar-refractivity contribution is 0.0636. The van der Waals surface area contributed by atoms with E-state index in [1.54, 1.807) is 6.20 Å². The van der Waals surface area contributed by atoms with Gasteiger partial charge in [0.2, 0.25) is 0 Å². The van der Waals surface area contributed by atoms with Crippen LogP contribution in [0.25, 0.3) is 10.9 Å². The normalized spacial score (nSPS) is 19.6. The first kappa shape index (κ1) is 14.5. The SMILES string of the molecule is O=C(Oc1ccc2cccnc2c1)N1CCC(N2CCC2)CC1. The quantitative estimate of drug-likeness (QED) is 0.855. The lowest BCUT2D eigenvalue weighted by Crippen LogP contribution is -2.51. The van der Waals surface area contributed by atoms with E-state index in [4.69, 9.17) is 4.74 Å². The zero-order chi connectivity index (χ0) is 15.6. The van der Waals surface area contributed by atoms with E-state index < -0.39 is 0 Å². The third-order valence-electron chi connectivity index (χ3n) is 4.91. The third-order valence-corrected chi connectivity index (χ3v) is 4.91. The second kappa shape index (κ2) is 6.16. The second-order valence-electron chi connectivity index (χ2n) is 6.33. The predicted molar refractivity (Wildman–Crippen MR) is 88.6 cm³/mol. The minimum absolute atomic E-state index is 0.248. The average Bonchev–Trinajstić information content (AvgIpc) is 2.54. The van der Waals surface area contributed by atoms with Crippen molar-refractivity contribution in [2.75, 3.05) is 26.2 Å². The van der Waals surface area contributed by atoms with E-state index in [-0.39, 0.29) is 6.09 Å². The van der Waals surface area contributed by atoms with Gasteiger partial charge in [-0.3, -0.25) is 4.98 Å². The van der Waals surface area contributed by atoms with Crippen molar-refractivity contribution in [3.05, 3.63) is 36.5 Å². The number of amides is 1. The summed E-state index contributed by atoms with van der Waals surface area (Å²) in [7, 11) is 0. The highest BCUT2D eigenvalue weighted by Crippen LogP contribution is 2.23. The summed E-state index contributed by atoms with van der Waals surface area (Å²) in [5, 5.41) is 1.04. The van der Waals surface area contributed by atoms with Gasteiger partial charge >= 0.3 is 6.09 Å². The zero-order valence-electron chi connectivity index (χ0n) is 13.1. The van der Waals surface area contributed by atoms with Crippen LogP contribution >= 0.6 is 0 Å². The van der Waals surface area contributed by atoms with Crippen LogP contribution in [-0.4, -0.2) is 53.1 Å². The van der Waals surface area contributed by atoms with Gasteiger partial charge in [0.15, 0.2) is 0 Å². The molecule has 0 unspecified atom stereocenters. The summed E-state index contributed by atoms with van der Waals surface area (Å²) in [5.74, 6) is 0.561. The highest BCUT2D eigenvalue weighted by atomic mass is 16.6. The van der Waals surface area contributed by atoms with Crippen LogP contribution in [0.4, 0.5) is 4.79 Å². The topological polar surface area (TPSA) is 45.7 Å². The number of benzene rings is 1. The molecule has 5 nitrogen and oxygen atoms in total. The molecule has 0 N–H and O–H groups in total. The van der Waals surface area contributed by atoms with Gasteiger partial charge in [-0.15, -0.1) is 0 Å². The van der Waals surface area contributed by atoms with Crippen molar-refractivity contribution in [3.63, 3.8) is 0 Å². The van der Waals surface area contributed by atoms with E-state index in [0.717, 1.165) is 36.8 Å². The van der Waals surface area contributed by atoms with Crippen molar-refractivity contribution in [3.8, 4) is 5.75 Å². The van der Waals surface area contributed by atoms with Gasteiger partial charge < -0.3 is 14.5 Å². The number of pyridine rings is 1. The number of fused-ring (bicyclic) bond motifs is 1. The standard InChI is InChI=1S/C18H21N3O2/c22-18(21-11-6-15(7-12-21)20-9-2-10-20)23-16-5-4-14-3-1-8-19-17(14)13-16/h1,3-5,8,13,15H,2,6-7,9-12H2. The number of carbonyl (C=O) groups is 1. The number of carbonyl (C=O) groups excluding carboxylic acids is 1. The fourth-order valence-electron chi connectivity index (χ4n) is 3.39. The summed E-state index contributed by atoms with van der Waals surface area (Å²) in [4.78, 5) is 21.0. The smallest absolute Gasteiger partial charge is 0.410 e. The molecule has 2 aliphatic rings. The third kappa shape index (κ3) is 3.01. The molecule has 1 aromatic heterocycles. The molecule has 5 heteroatoms. The largest absolute Gasteiger partial charge is 0.415 e. The Morgan fingerprint density at radius 1 is 1.13 bits per heavy atom. The van der Waals surface area contributed by atoms with Gasteiger partial charge in [-0.25, -0.2) is 4.79 Å². The van der Waals surface area contributed by atoms with Crippen LogP contribution in [0.3, 0.4) is 0 Å². The predicted octanol–water partition coefficient (Wildman–Crippen LogP) is 2.90. The van der Waals surface area contributed by atoms with Crippen LogP contribution in [0.2, 0.25) is 0 Å². The molecule has 2 aliphatic heterocycles. The van der Waals surface area contributed by atoms with Gasteiger partial charge in [0, 0.05) is 36.8 Å². The molecule has 1 amide bonds. The van der Waals surface area contributed by atoms with Crippen LogP contribution in [-0.2, 0) is 0 Å². The zero-order valence-corrected chi connectivity index (χ0v) is 13.1. The van der Waals surface area contributed by atoms with Crippen LogP contribution in [0.15, 0.2) is 36.5 Å². The van der Waals surface area contributed by atoms with E-state index in [0.29, 0.717) is 11.8 Å². The van der Waals surface area contributed by atoms with E-state index in [9.17, 15) is 4.79 Å². The Bertz CT molecular complexity index is 706. The Labute approximate surface area is 135 Å². The molecule has 0 aliphatic carbocycles. The molecule has 0 saturated carbocycles. The molecule has 0 radical (unpaired) electrons. The molecule has 2 saturated heterocycles. The number of aromatic nitrogens is 1. The minimum atomic E-state index is -0.248. The summed E-state index contributed by atoms with van der Waals surface area (Å²) < 4.78 is 5.53. The number of hydrogen-bond donors (Lipinski definition) is 0. The molecule has 1 aromatic carbocycles. The molecule has 2 fully saturated rings. The minimum Gasteiger partial charge on any atom is -0.410 e. The van der Waals surface area contributed by atoms with Gasteiger partial charge in [-0.2, -0.15) is 0 Å². The number of ether oxygens (including phenoxy) is 1. The van der Waals surface area contributed by atoms with Crippen LogP contribution < -0.4 is 4.74 Å². The summed E-state index contributed by atoms with van der Waals surface area (Å²) in [5.41, 5.74) is 0.842. The van der Waals surface area contributed by atoms with Crippen molar-refractivity contribution in [2.45, 2.75) is 25.3 Å². The molecule has 0 bridgehead atoms. The van der Waals surface area contributed by atoms with Gasteiger partial charge in [0.05, 0.1) is 5.52 Å². The monoisotopic (exact) mass is 311 g/mol. The Morgan fingerprint density at radius 2 is 1.96 bits per heavy atom. The number of nitrogens with zero attached hydrogens (tertiary/aromatic N) is 3. The molecule has 23 heavy (non-hydrogen) atoms. The van der Waals surface area contributed by atoms with E-state index >= 15 is 0 Å². The molecule has 120 valence electrons. The molecule has 4 rings (SSSR count). The second-order valence-corrected chi connectivity index (χ2v) is 6.33. The molecule has 3 heterocycles. The summed E-state index contributed by atoms with van der Waals surface area (Å²) >= 11 is 0. The number of likely N-dealkylation sites (tertiary alicyclic amines) is 2. The van der Waals surface area contributed by atoms with Crippen molar-refractivity contribution in [2.24, 2.45) is 0 Å². The summed E-state index contributed by atoms with van der Waals surface area (Å²) in [6, 6.07) is 10.1. The summed E-state index contributed by atoms with van der Waals surface area (Å²) in [6.45, 7) is 4.01. The Kier molecular flexibility index (Phi) is 3.87. The van der Waals surface area contributed by atoms with E-state index in [1.165, 1.54) is 19.5 Å². The molecule has 0 atom stereocenters. The van der Waals surface area contributed by atoms with E-state index in [2.05, 4.69) is 9.88 Å². The maximum absolute atomic E-state index is 12.3. The lowest BCUT2D eigenvalue weighted by Gasteiger charge is -2.42. The van der Waals surface area contributed by atoms with Crippen molar-refractivity contribution < 1.29 is 9.53 Å². The Morgan fingerprint density at radius 3 is 2.70 bits per heavy atom. The molecular formula is C18H21N3O2. The number of piperidine rings is 1. The Hall–Kier alpha value is -2.14. The van der Waals surface area contributed by atoms with Crippen molar-refractivity contribution in [1.29, 1.82) is 0 Å². The Balaban J connectivity index is 1.37. The first-order valence-corrected chi connectivity index (χ1v) is 8.35. The van der Waals surface area contributed by atoms with Gasteiger partial charge in [-0.05, 0) is 50.6 Å². The highest BCUT2D eigenvalue weighted by Gasteiger charge is 2.30. The molecule has 2 aromatic rings. The van der Waals surface area contributed by atoms with Crippen molar-refractivity contribution >= 4 is 17.0 Å². The van der Waals surface area contributed by atoms with Crippen LogP contribution in [0, 0.1) is 0 Å². The lowest BCUT2D eigenvalue weighted by atomic mass is 10.00. The average molecular weight is 311 g/mol. The highest BCUT2D eigenvalue weighted by molar-refractivity contribution is 5.81. The van der Waals surface area contributed by atoms with Gasteiger partial charge in [-0.1, -0.05) is 6.07 Å². The first-order chi connectivity index (χ1) is 11.3. The maximum atomic E-state index is 12.3. The summed E-state index contributed by atoms with van der Waals surface area (Å²) in [6.07, 6.45) is 4.91. The van der Waals surface area contributed by atoms with Gasteiger partial charge in [0.1, 0.15) is 5.75 Å². The number of hydrogen-bond acceptors (Lipinski definition) is 4.